The third-order valence-corrected chi connectivity index (χ3v) is 3.51. The second-order valence-electron chi connectivity index (χ2n) is 5.59. The molecule has 20 heavy (non-hydrogen) atoms. The maximum absolute atomic E-state index is 5.95. The number of nitrogens with one attached hydrogen (secondary N) is 1. The summed E-state index contributed by atoms with van der Waals surface area (Å²) in [6.07, 6.45) is 0.0921. The van der Waals surface area contributed by atoms with Gasteiger partial charge in [0.15, 0.2) is 0 Å². The van der Waals surface area contributed by atoms with Gasteiger partial charge in [0.2, 0.25) is 0 Å². The van der Waals surface area contributed by atoms with Crippen LogP contribution in [-0.4, -0.2) is 26.4 Å². The van der Waals surface area contributed by atoms with E-state index in [1.165, 1.54) is 5.56 Å². The summed E-state index contributed by atoms with van der Waals surface area (Å²) in [6, 6.07) is 4.20. The van der Waals surface area contributed by atoms with Gasteiger partial charge < -0.3 is 14.8 Å². The number of ether oxygens (including phenoxy) is 2. The van der Waals surface area contributed by atoms with Crippen LogP contribution in [-0.2, 0) is 11.3 Å². The Morgan fingerprint density at radius 3 is 2.55 bits per heavy atom. The predicted molar refractivity (Wildman–Crippen MR) is 87.4 cm³/mol. The van der Waals surface area contributed by atoms with Crippen molar-refractivity contribution in [1.29, 1.82) is 0 Å². The molecule has 0 fully saturated rings. The topological polar surface area (TPSA) is 30.5 Å². The van der Waals surface area contributed by atoms with Crippen LogP contribution in [0.15, 0.2) is 16.6 Å². The van der Waals surface area contributed by atoms with E-state index in [0.29, 0.717) is 12.5 Å². The van der Waals surface area contributed by atoms with Gasteiger partial charge in [-0.25, -0.2) is 0 Å². The minimum atomic E-state index is 0.0921. The van der Waals surface area contributed by atoms with Crippen molar-refractivity contribution in [2.45, 2.75) is 40.3 Å². The van der Waals surface area contributed by atoms with E-state index in [2.05, 4.69) is 54.2 Å². The predicted octanol–water partition coefficient (Wildman–Crippen LogP) is 3.92. The minimum absolute atomic E-state index is 0.0921. The van der Waals surface area contributed by atoms with Crippen molar-refractivity contribution in [3.05, 3.63) is 27.7 Å². The molecule has 1 N–H and O–H groups in total. The second kappa shape index (κ2) is 8.65. The average Bonchev–Trinajstić information content (AvgIpc) is 2.36. The van der Waals surface area contributed by atoms with E-state index in [9.17, 15) is 0 Å². The Morgan fingerprint density at radius 2 is 1.95 bits per heavy atom. The van der Waals surface area contributed by atoms with E-state index >= 15 is 0 Å². The fourth-order valence-electron chi connectivity index (χ4n) is 1.90. The van der Waals surface area contributed by atoms with Gasteiger partial charge in [-0.2, -0.15) is 0 Å². The molecule has 0 bridgehead atoms. The van der Waals surface area contributed by atoms with Crippen LogP contribution >= 0.6 is 15.9 Å². The lowest BCUT2D eigenvalue weighted by Crippen LogP contribution is -2.21. The zero-order chi connectivity index (χ0) is 15.1. The molecule has 0 heterocycles. The molecule has 0 saturated heterocycles. The van der Waals surface area contributed by atoms with Gasteiger partial charge in [0, 0.05) is 23.7 Å². The average molecular weight is 344 g/mol. The fourth-order valence-corrected chi connectivity index (χ4v) is 2.52. The normalized spacial score (nSPS) is 12.8. The van der Waals surface area contributed by atoms with Crippen LogP contribution in [0.25, 0.3) is 0 Å². The molecular formula is C16H26BrNO2. The number of aryl methyl sites for hydroxylation is 1. The Labute approximate surface area is 131 Å². The molecule has 1 unspecified atom stereocenters. The summed E-state index contributed by atoms with van der Waals surface area (Å²) >= 11 is 3.55. The highest BCUT2D eigenvalue weighted by atomic mass is 79.9. The monoisotopic (exact) mass is 343 g/mol. The molecule has 3 nitrogen and oxygen atoms in total. The molecular weight excluding hydrogens is 318 g/mol. The number of methoxy groups -OCH3 is 1. The fraction of sp³-hybridized carbons (Fsp3) is 0.625. The van der Waals surface area contributed by atoms with E-state index in [1.54, 1.807) is 7.11 Å². The van der Waals surface area contributed by atoms with Gasteiger partial charge in [-0.3, -0.25) is 0 Å². The van der Waals surface area contributed by atoms with E-state index < -0.39 is 0 Å². The van der Waals surface area contributed by atoms with Gasteiger partial charge in [0.1, 0.15) is 12.4 Å². The third-order valence-electron chi connectivity index (χ3n) is 3.05. The molecule has 4 heteroatoms. The number of hydrogen-bond donors (Lipinski definition) is 1. The summed E-state index contributed by atoms with van der Waals surface area (Å²) in [4.78, 5) is 0. The first-order chi connectivity index (χ1) is 9.43. The van der Waals surface area contributed by atoms with Gasteiger partial charge >= 0.3 is 0 Å². The molecule has 1 aromatic carbocycles. The van der Waals surface area contributed by atoms with Crippen LogP contribution in [0.1, 0.15) is 31.9 Å². The summed E-state index contributed by atoms with van der Waals surface area (Å²) in [5, 5.41) is 3.47. The summed E-state index contributed by atoms with van der Waals surface area (Å²) in [7, 11) is 1.70. The smallest absolute Gasteiger partial charge is 0.126 e. The van der Waals surface area contributed by atoms with Crippen LogP contribution in [0.5, 0.6) is 5.75 Å². The first-order valence-corrected chi connectivity index (χ1v) is 7.88. The number of halogens is 1. The van der Waals surface area contributed by atoms with E-state index in [4.69, 9.17) is 9.47 Å². The lowest BCUT2D eigenvalue weighted by atomic mass is 10.1. The molecule has 0 aliphatic heterocycles. The van der Waals surface area contributed by atoms with Crippen molar-refractivity contribution in [2.75, 3.05) is 20.3 Å². The Balaban J connectivity index is 2.78. The standard InChI is InChI=1S/C16H26BrNO2/c1-11(2)8-18-9-14-7-15(17)6-12(3)16(14)20-10-13(4)19-5/h6-7,11,13,18H,8-10H2,1-5H3. The Hall–Kier alpha value is -0.580. The molecule has 0 aliphatic rings. The van der Waals surface area contributed by atoms with Crippen molar-refractivity contribution in [2.24, 2.45) is 5.92 Å². The molecule has 1 rings (SSSR count). The molecule has 1 atom stereocenters. The zero-order valence-corrected chi connectivity index (χ0v) is 14.7. The molecule has 0 saturated carbocycles. The van der Waals surface area contributed by atoms with Crippen molar-refractivity contribution in [3.63, 3.8) is 0 Å². The molecule has 0 aromatic heterocycles. The summed E-state index contributed by atoms with van der Waals surface area (Å²) < 4.78 is 12.3. The van der Waals surface area contributed by atoms with Gasteiger partial charge in [-0.05, 0) is 44.0 Å². The Bertz CT molecular complexity index is 421. The van der Waals surface area contributed by atoms with Crippen molar-refractivity contribution in [3.8, 4) is 5.75 Å². The highest BCUT2D eigenvalue weighted by molar-refractivity contribution is 9.10. The number of hydrogen-bond acceptors (Lipinski definition) is 3. The molecule has 0 spiro atoms. The lowest BCUT2D eigenvalue weighted by Gasteiger charge is -2.18. The quantitative estimate of drug-likeness (QED) is 0.775. The molecule has 1 aromatic rings. The van der Waals surface area contributed by atoms with Crippen LogP contribution in [0.2, 0.25) is 0 Å². The Kier molecular flexibility index (Phi) is 7.56. The van der Waals surface area contributed by atoms with Crippen molar-refractivity contribution >= 4 is 15.9 Å². The molecule has 0 radical (unpaired) electrons. The Morgan fingerprint density at radius 1 is 1.25 bits per heavy atom. The second-order valence-corrected chi connectivity index (χ2v) is 6.51. The maximum Gasteiger partial charge on any atom is 0.126 e. The summed E-state index contributed by atoms with van der Waals surface area (Å²) in [5.74, 6) is 1.61. The highest BCUT2D eigenvalue weighted by Gasteiger charge is 2.11. The molecule has 114 valence electrons. The van der Waals surface area contributed by atoms with Crippen LogP contribution in [0, 0.1) is 12.8 Å². The first kappa shape index (κ1) is 17.5. The van der Waals surface area contributed by atoms with E-state index in [-0.39, 0.29) is 6.10 Å². The maximum atomic E-state index is 5.95. The lowest BCUT2D eigenvalue weighted by molar-refractivity contribution is 0.0710. The first-order valence-electron chi connectivity index (χ1n) is 7.09. The zero-order valence-electron chi connectivity index (χ0n) is 13.1. The number of benzene rings is 1. The minimum Gasteiger partial charge on any atom is -0.490 e. The third kappa shape index (κ3) is 5.81. The SMILES string of the molecule is COC(C)COc1c(C)cc(Br)cc1CNCC(C)C. The summed E-state index contributed by atoms with van der Waals surface area (Å²) in [6.45, 7) is 10.9. The van der Waals surface area contributed by atoms with Gasteiger partial charge in [0.05, 0.1) is 6.10 Å². The van der Waals surface area contributed by atoms with Gasteiger partial charge in [-0.15, -0.1) is 0 Å². The highest BCUT2D eigenvalue weighted by Crippen LogP contribution is 2.28. The van der Waals surface area contributed by atoms with Crippen LogP contribution in [0.4, 0.5) is 0 Å². The summed E-state index contributed by atoms with van der Waals surface area (Å²) in [5.41, 5.74) is 2.32. The van der Waals surface area contributed by atoms with E-state index in [0.717, 1.165) is 28.9 Å². The molecule has 0 amide bonds. The van der Waals surface area contributed by atoms with Gasteiger partial charge in [0.25, 0.3) is 0 Å². The van der Waals surface area contributed by atoms with Crippen LogP contribution in [0.3, 0.4) is 0 Å². The van der Waals surface area contributed by atoms with Crippen molar-refractivity contribution < 1.29 is 9.47 Å². The van der Waals surface area contributed by atoms with Crippen molar-refractivity contribution in [1.82, 2.24) is 5.32 Å². The number of rotatable bonds is 8. The van der Waals surface area contributed by atoms with Crippen LogP contribution < -0.4 is 10.1 Å². The van der Waals surface area contributed by atoms with E-state index in [1.807, 2.05) is 6.92 Å². The molecule has 0 aliphatic carbocycles. The largest absolute Gasteiger partial charge is 0.490 e. The van der Waals surface area contributed by atoms with Gasteiger partial charge in [-0.1, -0.05) is 29.8 Å².